The molecule has 1 spiro atoms. The maximum atomic E-state index is 14.9. The minimum Gasteiger partial charge on any atom is -0.394 e. The highest BCUT2D eigenvalue weighted by molar-refractivity contribution is 6.06. The maximum absolute atomic E-state index is 14.9. The van der Waals surface area contributed by atoms with Gasteiger partial charge in [-0.25, -0.2) is 0 Å². The van der Waals surface area contributed by atoms with Gasteiger partial charge in [-0.2, -0.15) is 0 Å². The molecule has 1 aromatic carbocycles. The fourth-order valence-electron chi connectivity index (χ4n) is 7.63. The van der Waals surface area contributed by atoms with Gasteiger partial charge in [-0.1, -0.05) is 51.1 Å². The third-order valence-electron chi connectivity index (χ3n) is 9.63. The smallest absolute Gasteiger partial charge is 0.253 e. The zero-order chi connectivity index (χ0) is 29.7. The van der Waals surface area contributed by atoms with Crippen molar-refractivity contribution >= 4 is 23.4 Å². The molecular formula is C32H45N3O5. The molecule has 3 fully saturated rings. The highest BCUT2D eigenvalue weighted by Gasteiger charge is 2.80. The van der Waals surface area contributed by atoms with Crippen molar-refractivity contribution in [2.75, 3.05) is 31.6 Å². The van der Waals surface area contributed by atoms with Crippen molar-refractivity contribution < 1.29 is 24.2 Å². The van der Waals surface area contributed by atoms with E-state index in [1.165, 1.54) is 0 Å². The summed E-state index contributed by atoms with van der Waals surface area (Å²) in [7, 11) is 1.70. The van der Waals surface area contributed by atoms with Crippen molar-refractivity contribution in [1.82, 2.24) is 9.80 Å². The van der Waals surface area contributed by atoms with E-state index in [1.807, 2.05) is 59.7 Å². The van der Waals surface area contributed by atoms with Crippen molar-refractivity contribution in [3.63, 3.8) is 0 Å². The van der Waals surface area contributed by atoms with Crippen LogP contribution in [0.25, 0.3) is 0 Å². The summed E-state index contributed by atoms with van der Waals surface area (Å²) in [5.41, 5.74) is 0.523. The van der Waals surface area contributed by atoms with Crippen molar-refractivity contribution in [3.8, 4) is 0 Å². The zero-order valence-electron chi connectivity index (χ0n) is 25.0. The number of amides is 3. The molecule has 0 aromatic heterocycles. The summed E-state index contributed by atoms with van der Waals surface area (Å²) in [6.45, 7) is 19.7. The molecule has 0 aliphatic carbocycles. The quantitative estimate of drug-likeness (QED) is 0.450. The Morgan fingerprint density at radius 3 is 2.30 bits per heavy atom. The van der Waals surface area contributed by atoms with Gasteiger partial charge < -0.3 is 24.5 Å². The van der Waals surface area contributed by atoms with Crippen molar-refractivity contribution in [2.24, 2.45) is 23.7 Å². The van der Waals surface area contributed by atoms with Crippen LogP contribution in [0.5, 0.6) is 0 Å². The largest absolute Gasteiger partial charge is 0.394 e. The van der Waals surface area contributed by atoms with Gasteiger partial charge in [0.05, 0.1) is 30.1 Å². The number of anilines is 1. The van der Waals surface area contributed by atoms with Crippen LogP contribution >= 0.6 is 0 Å². The van der Waals surface area contributed by atoms with Gasteiger partial charge in [-0.3, -0.25) is 14.4 Å². The van der Waals surface area contributed by atoms with E-state index in [-0.39, 0.29) is 42.7 Å². The van der Waals surface area contributed by atoms with Crippen molar-refractivity contribution in [1.29, 1.82) is 0 Å². The Kier molecular flexibility index (Phi) is 8.09. The summed E-state index contributed by atoms with van der Waals surface area (Å²) in [6, 6.07) is 4.25. The van der Waals surface area contributed by atoms with E-state index in [9.17, 15) is 19.5 Å². The lowest BCUT2D eigenvalue weighted by Gasteiger charge is -2.41. The molecule has 3 unspecified atom stereocenters. The van der Waals surface area contributed by atoms with E-state index in [0.29, 0.717) is 13.0 Å². The third-order valence-corrected chi connectivity index (χ3v) is 9.63. The molecule has 3 saturated heterocycles. The number of ether oxygens (including phenoxy) is 1. The molecule has 0 radical (unpaired) electrons. The SMILES string of the molecule is C=CCN(C)C(=O)[C@H]1[C@H]2C(=O)N([C@@H](CO)C(C)C)C(C(=O)N(CC=C)c3c(C)cccc3C)C23CC(C)[C@]1(C)O3. The Hall–Kier alpha value is -2.97. The number of carbonyl (C=O) groups excluding carboxylic acids is 3. The minimum atomic E-state index is -1.20. The summed E-state index contributed by atoms with van der Waals surface area (Å²) in [6.07, 6.45) is 3.80. The molecular weight excluding hydrogens is 506 g/mol. The number of benzene rings is 1. The Bertz CT molecular complexity index is 1190. The van der Waals surface area contributed by atoms with Crippen LogP contribution in [0, 0.1) is 37.5 Å². The average molecular weight is 552 g/mol. The van der Waals surface area contributed by atoms with Crippen LogP contribution in [0.4, 0.5) is 5.69 Å². The van der Waals surface area contributed by atoms with E-state index in [4.69, 9.17) is 4.74 Å². The molecule has 4 rings (SSSR count). The van der Waals surface area contributed by atoms with Gasteiger partial charge in [0.1, 0.15) is 11.6 Å². The van der Waals surface area contributed by atoms with Crippen LogP contribution < -0.4 is 4.90 Å². The number of likely N-dealkylation sites (tertiary alicyclic amines) is 1. The Morgan fingerprint density at radius 1 is 1.18 bits per heavy atom. The molecule has 3 amide bonds. The van der Waals surface area contributed by atoms with Crippen LogP contribution in [0.3, 0.4) is 0 Å². The number of aliphatic hydroxyl groups excluding tert-OH is 1. The van der Waals surface area contributed by atoms with Gasteiger partial charge in [0.2, 0.25) is 11.8 Å². The molecule has 3 aliphatic heterocycles. The van der Waals surface area contributed by atoms with E-state index >= 15 is 0 Å². The second-order valence-electron chi connectivity index (χ2n) is 12.4. The fraction of sp³-hybridized carbons (Fsp3) is 0.594. The normalized spacial score (nSPS) is 31.3. The number of hydrogen-bond donors (Lipinski definition) is 1. The number of nitrogens with zero attached hydrogens (tertiary/aromatic N) is 3. The maximum Gasteiger partial charge on any atom is 0.253 e. The molecule has 40 heavy (non-hydrogen) atoms. The van der Waals surface area contributed by atoms with Crippen LogP contribution in [-0.2, 0) is 19.1 Å². The first kappa shape index (κ1) is 30.0. The second-order valence-corrected chi connectivity index (χ2v) is 12.4. The first-order valence-electron chi connectivity index (χ1n) is 14.3. The number of fused-ring (bicyclic) bond motifs is 1. The number of likely N-dealkylation sites (N-methyl/N-ethyl adjacent to an activating group) is 1. The molecule has 1 N–H and O–H groups in total. The molecule has 3 aliphatic rings. The van der Waals surface area contributed by atoms with E-state index < -0.39 is 35.1 Å². The summed E-state index contributed by atoms with van der Waals surface area (Å²) >= 11 is 0. The van der Waals surface area contributed by atoms with Gasteiger partial charge in [-0.05, 0) is 50.2 Å². The molecule has 7 atom stereocenters. The van der Waals surface area contributed by atoms with Crippen molar-refractivity contribution in [3.05, 3.63) is 54.6 Å². The topological polar surface area (TPSA) is 90.4 Å². The van der Waals surface area contributed by atoms with E-state index in [0.717, 1.165) is 16.8 Å². The van der Waals surface area contributed by atoms with Crippen LogP contribution in [0.1, 0.15) is 45.2 Å². The standard InChI is InChI=1S/C32H45N3O5/c1-10-15-33(9)28(37)24-25-29(38)35(23(18-36)19(3)4)27(32(25)17-22(7)31(24,8)40-32)30(39)34(16-11-2)26-20(5)13-12-14-21(26)6/h10-14,19,22-25,27,36H,1-2,15-18H2,3-9H3/t22?,23-,24+,25-,27?,31-,32?/m0/s1. The molecule has 3 heterocycles. The number of aryl methyl sites for hydroxylation is 2. The molecule has 0 saturated carbocycles. The number of aliphatic hydroxyl groups is 1. The zero-order valence-corrected chi connectivity index (χ0v) is 25.0. The highest BCUT2D eigenvalue weighted by Crippen LogP contribution is 2.66. The molecule has 1 aromatic rings. The van der Waals surface area contributed by atoms with Gasteiger partial charge in [0.25, 0.3) is 5.91 Å². The summed E-state index contributed by atoms with van der Waals surface area (Å²) in [5, 5.41) is 10.5. The van der Waals surface area contributed by atoms with E-state index in [2.05, 4.69) is 13.2 Å². The van der Waals surface area contributed by atoms with Gasteiger partial charge in [-0.15, -0.1) is 13.2 Å². The summed E-state index contributed by atoms with van der Waals surface area (Å²) < 4.78 is 6.89. The lowest BCUT2D eigenvalue weighted by molar-refractivity contribution is -0.154. The van der Waals surface area contributed by atoms with Crippen LogP contribution in [-0.4, -0.2) is 82.7 Å². The van der Waals surface area contributed by atoms with Gasteiger partial charge >= 0.3 is 0 Å². The molecule has 2 bridgehead atoms. The molecule has 218 valence electrons. The monoisotopic (exact) mass is 551 g/mol. The van der Waals surface area contributed by atoms with E-state index in [1.54, 1.807) is 33.9 Å². The third kappa shape index (κ3) is 4.22. The van der Waals surface area contributed by atoms with Crippen LogP contribution in [0.2, 0.25) is 0 Å². The average Bonchev–Trinajstić information content (AvgIpc) is 3.40. The number of carbonyl (C=O) groups is 3. The lowest BCUT2D eigenvalue weighted by atomic mass is 9.62. The second kappa shape index (κ2) is 10.8. The van der Waals surface area contributed by atoms with Crippen LogP contribution in [0.15, 0.2) is 43.5 Å². The molecule has 8 nitrogen and oxygen atoms in total. The minimum absolute atomic E-state index is 0.0717. The lowest BCUT2D eigenvalue weighted by Crippen LogP contribution is -2.60. The van der Waals surface area contributed by atoms with Gasteiger partial charge in [0, 0.05) is 25.8 Å². The summed E-state index contributed by atoms with van der Waals surface area (Å²) in [4.78, 5) is 48.2. The number of hydrogen-bond acceptors (Lipinski definition) is 5. The first-order chi connectivity index (χ1) is 18.8. The fourth-order valence-corrected chi connectivity index (χ4v) is 7.63. The predicted molar refractivity (Wildman–Crippen MR) is 156 cm³/mol. The van der Waals surface area contributed by atoms with Gasteiger partial charge in [0.15, 0.2) is 0 Å². The predicted octanol–water partition coefficient (Wildman–Crippen LogP) is 3.49. The summed E-state index contributed by atoms with van der Waals surface area (Å²) in [5.74, 6) is -2.56. The molecule has 8 heteroatoms. The Labute approximate surface area is 238 Å². The van der Waals surface area contributed by atoms with Crippen molar-refractivity contribution in [2.45, 2.75) is 71.2 Å². The number of rotatable bonds is 10. The Morgan fingerprint density at radius 2 is 1.77 bits per heavy atom. The first-order valence-corrected chi connectivity index (χ1v) is 14.3. The number of para-hydroxylation sites is 1. The highest BCUT2D eigenvalue weighted by atomic mass is 16.5. The Balaban J connectivity index is 1.93.